The minimum absolute atomic E-state index is 0.0504. The molecule has 0 unspecified atom stereocenters. The van der Waals surface area contributed by atoms with E-state index >= 15 is 0 Å². The van der Waals surface area contributed by atoms with Gasteiger partial charge in [0.15, 0.2) is 0 Å². The summed E-state index contributed by atoms with van der Waals surface area (Å²) in [5.74, 6) is 0.515. The number of rotatable bonds is 5. The zero-order valence-electron chi connectivity index (χ0n) is 14.0. The number of ether oxygens (including phenoxy) is 1. The van der Waals surface area contributed by atoms with Gasteiger partial charge in [-0.05, 0) is 38.0 Å². The second-order valence-electron chi connectivity index (χ2n) is 6.65. The van der Waals surface area contributed by atoms with E-state index in [0.29, 0.717) is 24.9 Å². The summed E-state index contributed by atoms with van der Waals surface area (Å²) >= 11 is 0. The van der Waals surface area contributed by atoms with Crippen molar-refractivity contribution in [3.8, 4) is 5.75 Å². The summed E-state index contributed by atoms with van der Waals surface area (Å²) in [6.45, 7) is 2.49. The Labute approximate surface area is 146 Å². The smallest absolute Gasteiger partial charge is 0.254 e. The molecule has 1 aromatic heterocycles. The van der Waals surface area contributed by atoms with E-state index in [1.165, 1.54) is 10.4 Å². The fourth-order valence-electron chi connectivity index (χ4n) is 3.16. The van der Waals surface area contributed by atoms with E-state index in [1.807, 2.05) is 13.0 Å². The third-order valence-electron chi connectivity index (χ3n) is 4.64. The quantitative estimate of drug-likeness (QED) is 0.817. The third kappa shape index (κ3) is 3.09. The summed E-state index contributed by atoms with van der Waals surface area (Å²) in [7, 11) is -3.47. The zero-order chi connectivity index (χ0) is 17.6. The van der Waals surface area contributed by atoms with Gasteiger partial charge < -0.3 is 9.30 Å². The molecular formula is C18H20N2O4S. The molecule has 0 bridgehead atoms. The van der Waals surface area contributed by atoms with Crippen molar-refractivity contribution < 1.29 is 13.2 Å². The van der Waals surface area contributed by atoms with E-state index in [9.17, 15) is 13.2 Å². The molecule has 2 aromatic rings. The molecule has 0 amide bonds. The maximum atomic E-state index is 12.5. The number of pyridine rings is 1. The molecular weight excluding hydrogens is 340 g/mol. The SMILES string of the molecule is Cc1cc(OC2CN(S(=O)(=O)c3ccccc3)C2)cc(=O)n1C1CC1. The molecule has 2 fully saturated rings. The van der Waals surface area contributed by atoms with Crippen molar-refractivity contribution in [2.24, 2.45) is 0 Å². The molecule has 0 N–H and O–H groups in total. The molecule has 1 aliphatic carbocycles. The topological polar surface area (TPSA) is 68.6 Å². The Bertz CT molecular complexity index is 943. The number of nitrogens with zero attached hydrogens (tertiary/aromatic N) is 2. The molecule has 0 radical (unpaired) electrons. The van der Waals surface area contributed by atoms with Gasteiger partial charge in [-0.2, -0.15) is 4.31 Å². The normalized spacial score (nSPS) is 18.8. The molecule has 1 aliphatic heterocycles. The molecule has 7 heteroatoms. The molecule has 132 valence electrons. The molecule has 2 heterocycles. The highest BCUT2D eigenvalue weighted by Crippen LogP contribution is 2.35. The molecule has 25 heavy (non-hydrogen) atoms. The molecule has 1 aromatic carbocycles. The van der Waals surface area contributed by atoms with Gasteiger partial charge in [0.2, 0.25) is 10.0 Å². The van der Waals surface area contributed by atoms with Crippen LogP contribution in [0.15, 0.2) is 52.2 Å². The van der Waals surface area contributed by atoms with Gasteiger partial charge in [0.25, 0.3) is 5.56 Å². The fourth-order valence-corrected chi connectivity index (χ4v) is 4.68. The van der Waals surface area contributed by atoms with Gasteiger partial charge in [-0.3, -0.25) is 4.79 Å². The average molecular weight is 360 g/mol. The highest BCUT2D eigenvalue weighted by atomic mass is 32.2. The summed E-state index contributed by atoms with van der Waals surface area (Å²) < 4.78 is 33.9. The molecule has 1 saturated heterocycles. The molecule has 1 saturated carbocycles. The lowest BCUT2D eigenvalue weighted by molar-refractivity contribution is 0.0758. The van der Waals surface area contributed by atoms with E-state index in [4.69, 9.17) is 4.74 Å². The highest BCUT2D eigenvalue weighted by Gasteiger charge is 2.38. The van der Waals surface area contributed by atoms with Crippen LogP contribution in [0.25, 0.3) is 0 Å². The van der Waals surface area contributed by atoms with Gasteiger partial charge in [0.05, 0.1) is 18.0 Å². The van der Waals surface area contributed by atoms with Gasteiger partial charge >= 0.3 is 0 Å². The Morgan fingerprint density at radius 1 is 1.08 bits per heavy atom. The Balaban J connectivity index is 1.43. The van der Waals surface area contributed by atoms with Gasteiger partial charge in [-0.25, -0.2) is 8.42 Å². The number of hydrogen-bond donors (Lipinski definition) is 0. The maximum absolute atomic E-state index is 12.5. The van der Waals surface area contributed by atoms with Gasteiger partial charge in [-0.15, -0.1) is 0 Å². The van der Waals surface area contributed by atoms with Crippen LogP contribution in [0, 0.1) is 6.92 Å². The van der Waals surface area contributed by atoms with Crippen LogP contribution in [0.5, 0.6) is 5.75 Å². The number of aryl methyl sites for hydroxylation is 1. The van der Waals surface area contributed by atoms with Crippen LogP contribution in [0.4, 0.5) is 0 Å². The van der Waals surface area contributed by atoms with E-state index in [-0.39, 0.29) is 16.6 Å². The van der Waals surface area contributed by atoms with Crippen LogP contribution in [-0.2, 0) is 10.0 Å². The molecule has 2 aliphatic rings. The van der Waals surface area contributed by atoms with Crippen molar-refractivity contribution in [2.45, 2.75) is 36.8 Å². The predicted molar refractivity (Wildman–Crippen MR) is 93.3 cm³/mol. The minimum Gasteiger partial charge on any atom is -0.487 e. The summed E-state index contributed by atoms with van der Waals surface area (Å²) in [5, 5.41) is 0. The zero-order valence-corrected chi connectivity index (χ0v) is 14.8. The standard InChI is InChI=1S/C18H20N2O4S/c1-13-9-15(10-18(21)20(13)14-7-8-14)24-16-11-19(12-16)25(22,23)17-5-3-2-4-6-17/h2-6,9-10,14,16H,7-8,11-12H2,1H3. The van der Waals surface area contributed by atoms with Crippen molar-refractivity contribution in [1.82, 2.24) is 8.87 Å². The number of aromatic nitrogens is 1. The molecule has 0 atom stereocenters. The van der Waals surface area contributed by atoms with Crippen LogP contribution in [0.3, 0.4) is 0 Å². The summed E-state index contributed by atoms with van der Waals surface area (Å²) in [6, 6.07) is 12.1. The van der Waals surface area contributed by atoms with Crippen molar-refractivity contribution in [3.63, 3.8) is 0 Å². The summed E-state index contributed by atoms with van der Waals surface area (Å²) in [4.78, 5) is 12.5. The van der Waals surface area contributed by atoms with E-state index in [2.05, 4.69) is 0 Å². The van der Waals surface area contributed by atoms with Crippen LogP contribution in [0.2, 0.25) is 0 Å². The Kier molecular flexibility index (Phi) is 3.92. The molecule has 0 spiro atoms. The lowest BCUT2D eigenvalue weighted by Crippen LogP contribution is -2.56. The Morgan fingerprint density at radius 2 is 1.76 bits per heavy atom. The maximum Gasteiger partial charge on any atom is 0.254 e. The number of benzene rings is 1. The van der Waals surface area contributed by atoms with Crippen molar-refractivity contribution in [2.75, 3.05) is 13.1 Å². The van der Waals surface area contributed by atoms with E-state index in [0.717, 1.165) is 18.5 Å². The van der Waals surface area contributed by atoms with Crippen molar-refractivity contribution >= 4 is 10.0 Å². The van der Waals surface area contributed by atoms with Gasteiger partial charge in [0.1, 0.15) is 11.9 Å². The first-order chi connectivity index (χ1) is 11.9. The number of sulfonamides is 1. The lowest BCUT2D eigenvalue weighted by atomic mass is 10.2. The Hall–Kier alpha value is -2.12. The summed E-state index contributed by atoms with van der Waals surface area (Å²) in [5.41, 5.74) is 0.837. The second-order valence-corrected chi connectivity index (χ2v) is 8.58. The monoisotopic (exact) mass is 360 g/mol. The van der Waals surface area contributed by atoms with Crippen molar-refractivity contribution in [1.29, 1.82) is 0 Å². The average Bonchev–Trinajstić information content (AvgIpc) is 3.35. The van der Waals surface area contributed by atoms with Gasteiger partial charge in [0, 0.05) is 17.8 Å². The predicted octanol–water partition coefficient (Wildman–Crippen LogP) is 1.94. The van der Waals surface area contributed by atoms with E-state index in [1.54, 1.807) is 34.9 Å². The van der Waals surface area contributed by atoms with Crippen LogP contribution < -0.4 is 10.3 Å². The van der Waals surface area contributed by atoms with Crippen LogP contribution >= 0.6 is 0 Å². The van der Waals surface area contributed by atoms with Crippen LogP contribution in [0.1, 0.15) is 24.6 Å². The highest BCUT2D eigenvalue weighted by molar-refractivity contribution is 7.89. The Morgan fingerprint density at radius 3 is 2.36 bits per heavy atom. The molecule has 6 nitrogen and oxygen atoms in total. The first kappa shape index (κ1) is 16.4. The first-order valence-electron chi connectivity index (χ1n) is 8.40. The van der Waals surface area contributed by atoms with Crippen molar-refractivity contribution in [3.05, 3.63) is 58.5 Å². The molecule has 4 rings (SSSR count). The summed E-state index contributed by atoms with van der Waals surface area (Å²) in [6.07, 6.45) is 1.88. The minimum atomic E-state index is -3.47. The van der Waals surface area contributed by atoms with E-state index < -0.39 is 10.0 Å². The second kappa shape index (κ2) is 6.00. The van der Waals surface area contributed by atoms with Crippen LogP contribution in [-0.4, -0.2) is 36.5 Å². The third-order valence-corrected chi connectivity index (χ3v) is 6.49. The fraction of sp³-hybridized carbons (Fsp3) is 0.389. The largest absolute Gasteiger partial charge is 0.487 e. The van der Waals surface area contributed by atoms with Gasteiger partial charge in [-0.1, -0.05) is 18.2 Å². The lowest BCUT2D eigenvalue weighted by Gasteiger charge is -2.37. The first-order valence-corrected chi connectivity index (χ1v) is 9.84. The number of hydrogen-bond acceptors (Lipinski definition) is 4.